The van der Waals surface area contributed by atoms with Gasteiger partial charge in [-0.3, -0.25) is 9.78 Å². The molecule has 1 amide bonds. The molecule has 2 aromatic carbocycles. The molecule has 1 fully saturated rings. The minimum atomic E-state index is -0.484. The average molecular weight is 523 g/mol. The second-order valence-corrected chi connectivity index (χ2v) is 9.12. The van der Waals surface area contributed by atoms with E-state index in [1.807, 2.05) is 36.1 Å². The molecule has 36 heavy (non-hydrogen) atoms. The van der Waals surface area contributed by atoms with Crippen LogP contribution in [0.4, 0.5) is 11.5 Å². The molecular formula is C26H24Cl2N6O2. The fourth-order valence-corrected chi connectivity index (χ4v) is 4.66. The minimum Gasteiger partial charge on any atom is -0.492 e. The summed E-state index contributed by atoms with van der Waals surface area (Å²) in [5.41, 5.74) is 3.71. The summed E-state index contributed by atoms with van der Waals surface area (Å²) >= 11 is 12.5. The van der Waals surface area contributed by atoms with Crippen molar-refractivity contribution in [1.29, 1.82) is 0 Å². The van der Waals surface area contributed by atoms with Crippen LogP contribution >= 0.6 is 23.2 Å². The number of rotatable bonds is 6. The third-order valence-corrected chi connectivity index (χ3v) is 6.46. The summed E-state index contributed by atoms with van der Waals surface area (Å²) in [6, 6.07) is 14.2. The molecule has 2 aromatic heterocycles. The van der Waals surface area contributed by atoms with Crippen molar-refractivity contribution in [1.82, 2.24) is 20.3 Å². The largest absolute Gasteiger partial charge is 0.492 e. The highest BCUT2D eigenvalue weighted by Gasteiger charge is 2.31. The molecule has 1 aliphatic rings. The number of pyridine rings is 1. The third-order valence-electron chi connectivity index (χ3n) is 5.93. The summed E-state index contributed by atoms with van der Waals surface area (Å²) < 4.78 is 5.54. The molecule has 10 heteroatoms. The first-order chi connectivity index (χ1) is 17.5. The molecule has 0 saturated carbocycles. The highest BCUT2D eigenvalue weighted by atomic mass is 35.5. The van der Waals surface area contributed by atoms with Gasteiger partial charge in [0.1, 0.15) is 23.6 Å². The molecule has 0 bridgehead atoms. The van der Waals surface area contributed by atoms with Crippen molar-refractivity contribution in [2.75, 3.05) is 36.5 Å². The Morgan fingerprint density at radius 1 is 1.14 bits per heavy atom. The van der Waals surface area contributed by atoms with Gasteiger partial charge >= 0.3 is 0 Å². The van der Waals surface area contributed by atoms with Crippen LogP contribution in [-0.4, -0.2) is 53.1 Å². The lowest BCUT2D eigenvalue weighted by atomic mass is 10.1. The summed E-state index contributed by atoms with van der Waals surface area (Å²) in [6.45, 7) is 4.24. The van der Waals surface area contributed by atoms with E-state index in [1.165, 1.54) is 6.33 Å². The van der Waals surface area contributed by atoms with Crippen LogP contribution in [0.5, 0.6) is 5.75 Å². The Morgan fingerprint density at radius 2 is 2.03 bits per heavy atom. The van der Waals surface area contributed by atoms with Crippen molar-refractivity contribution in [3.8, 4) is 16.9 Å². The minimum absolute atomic E-state index is 0.156. The number of hydrogen-bond acceptors (Lipinski definition) is 7. The number of nitrogens with zero attached hydrogens (tertiary/aromatic N) is 4. The van der Waals surface area contributed by atoms with Gasteiger partial charge in [0.25, 0.3) is 0 Å². The number of carbonyl (C=O) groups is 1. The van der Waals surface area contributed by atoms with Crippen molar-refractivity contribution in [2.45, 2.75) is 13.0 Å². The molecule has 184 valence electrons. The first kappa shape index (κ1) is 24.2. The fourth-order valence-electron chi connectivity index (χ4n) is 4.24. The van der Waals surface area contributed by atoms with E-state index in [9.17, 15) is 4.79 Å². The van der Waals surface area contributed by atoms with Crippen LogP contribution in [0.25, 0.3) is 22.2 Å². The Bertz CT molecular complexity index is 1420. The van der Waals surface area contributed by atoms with Gasteiger partial charge in [-0.25, -0.2) is 9.97 Å². The smallest absolute Gasteiger partial charge is 0.248 e. The molecule has 8 nitrogen and oxygen atoms in total. The predicted octanol–water partition coefficient (Wildman–Crippen LogP) is 4.81. The molecule has 0 radical (unpaired) electrons. The topological polar surface area (TPSA) is 92.3 Å². The third kappa shape index (κ3) is 5.06. The van der Waals surface area contributed by atoms with Crippen molar-refractivity contribution < 1.29 is 9.53 Å². The second kappa shape index (κ2) is 10.7. The normalized spacial score (nSPS) is 15.6. The van der Waals surface area contributed by atoms with Gasteiger partial charge in [0.05, 0.1) is 17.1 Å². The summed E-state index contributed by atoms with van der Waals surface area (Å²) in [7, 11) is 0. The molecule has 4 aromatic rings. The maximum Gasteiger partial charge on any atom is 0.248 e. The standard InChI is InChI=1S/C26H24Cl2N6O2/c1-2-36-23-7-6-16(10-20(23)28)17-11-21-24(30-13-17)25(32-15-31-21)34-9-8-29-14-22(34)26(35)33-19-5-3-4-18(27)12-19/h3-7,10-13,15,22,29H,2,8-9,14H2,1H3,(H,33,35). The van der Waals surface area contributed by atoms with E-state index in [-0.39, 0.29) is 5.91 Å². The molecule has 0 aliphatic carbocycles. The van der Waals surface area contributed by atoms with E-state index in [0.717, 1.165) is 17.7 Å². The van der Waals surface area contributed by atoms with Crippen molar-refractivity contribution >= 4 is 51.6 Å². The zero-order valence-corrected chi connectivity index (χ0v) is 21.1. The summed E-state index contributed by atoms with van der Waals surface area (Å²) in [6.07, 6.45) is 3.27. The lowest BCUT2D eigenvalue weighted by Gasteiger charge is -2.36. The Kier molecular flexibility index (Phi) is 7.18. The first-order valence-electron chi connectivity index (χ1n) is 11.6. The monoisotopic (exact) mass is 522 g/mol. The Labute approximate surface area is 218 Å². The highest BCUT2D eigenvalue weighted by Crippen LogP contribution is 2.32. The maximum absolute atomic E-state index is 13.2. The Balaban J connectivity index is 1.45. The Morgan fingerprint density at radius 3 is 2.83 bits per heavy atom. The number of ether oxygens (including phenoxy) is 1. The van der Waals surface area contributed by atoms with E-state index in [2.05, 4.69) is 20.6 Å². The number of nitrogens with one attached hydrogen (secondary N) is 2. The van der Waals surface area contributed by atoms with E-state index < -0.39 is 6.04 Å². The van der Waals surface area contributed by atoms with Gasteiger partial charge in [-0.05, 0) is 48.9 Å². The van der Waals surface area contributed by atoms with Crippen molar-refractivity contribution in [3.63, 3.8) is 0 Å². The van der Waals surface area contributed by atoms with E-state index in [1.54, 1.807) is 30.5 Å². The van der Waals surface area contributed by atoms with Crippen LogP contribution in [0, 0.1) is 0 Å². The van der Waals surface area contributed by atoms with Crippen molar-refractivity contribution in [2.24, 2.45) is 0 Å². The lowest BCUT2D eigenvalue weighted by molar-refractivity contribution is -0.117. The number of hydrogen-bond donors (Lipinski definition) is 2. The molecular weight excluding hydrogens is 499 g/mol. The number of amides is 1. The van der Waals surface area contributed by atoms with E-state index in [4.69, 9.17) is 32.9 Å². The van der Waals surface area contributed by atoms with Crippen LogP contribution in [-0.2, 0) is 4.79 Å². The van der Waals surface area contributed by atoms with Crippen LogP contribution in [0.3, 0.4) is 0 Å². The van der Waals surface area contributed by atoms with E-state index >= 15 is 0 Å². The van der Waals surface area contributed by atoms with Gasteiger partial charge in [0, 0.05) is 42.1 Å². The van der Waals surface area contributed by atoms with E-state index in [0.29, 0.717) is 58.0 Å². The van der Waals surface area contributed by atoms with Gasteiger partial charge in [-0.15, -0.1) is 0 Å². The average Bonchev–Trinajstić information content (AvgIpc) is 2.89. The molecule has 2 N–H and O–H groups in total. The van der Waals surface area contributed by atoms with Gasteiger partial charge in [-0.1, -0.05) is 35.3 Å². The molecule has 1 aliphatic heterocycles. The highest BCUT2D eigenvalue weighted by molar-refractivity contribution is 6.32. The molecule has 5 rings (SSSR count). The van der Waals surface area contributed by atoms with Crippen LogP contribution in [0.1, 0.15) is 6.92 Å². The maximum atomic E-state index is 13.2. The zero-order chi connectivity index (χ0) is 25.1. The number of anilines is 2. The molecule has 1 atom stereocenters. The van der Waals surface area contributed by atoms with Crippen LogP contribution in [0.15, 0.2) is 61.1 Å². The lowest BCUT2D eigenvalue weighted by Crippen LogP contribution is -2.57. The number of aromatic nitrogens is 3. The fraction of sp³-hybridized carbons (Fsp3) is 0.231. The molecule has 1 saturated heterocycles. The first-order valence-corrected chi connectivity index (χ1v) is 12.4. The number of piperazine rings is 1. The van der Waals surface area contributed by atoms with Gasteiger partial charge in [-0.2, -0.15) is 0 Å². The van der Waals surface area contributed by atoms with Crippen molar-refractivity contribution in [3.05, 3.63) is 71.1 Å². The number of halogens is 2. The number of fused-ring (bicyclic) bond motifs is 1. The Hall–Kier alpha value is -3.46. The zero-order valence-electron chi connectivity index (χ0n) is 19.5. The van der Waals surface area contributed by atoms with Gasteiger partial charge < -0.3 is 20.3 Å². The molecule has 1 unspecified atom stereocenters. The van der Waals surface area contributed by atoms with Crippen LogP contribution < -0.4 is 20.3 Å². The second-order valence-electron chi connectivity index (χ2n) is 8.28. The molecule has 3 heterocycles. The molecule has 0 spiro atoms. The predicted molar refractivity (Wildman–Crippen MR) is 143 cm³/mol. The van der Waals surface area contributed by atoms with Gasteiger partial charge in [0.2, 0.25) is 5.91 Å². The summed E-state index contributed by atoms with van der Waals surface area (Å²) in [5.74, 6) is 1.10. The summed E-state index contributed by atoms with van der Waals surface area (Å²) in [5, 5.41) is 7.34. The summed E-state index contributed by atoms with van der Waals surface area (Å²) in [4.78, 5) is 28.9. The SMILES string of the molecule is CCOc1ccc(-c2cnc3c(N4CCNCC4C(=O)Nc4cccc(Cl)c4)ncnc3c2)cc1Cl. The van der Waals surface area contributed by atoms with Gasteiger partial charge in [0.15, 0.2) is 5.82 Å². The number of benzene rings is 2. The number of carbonyl (C=O) groups excluding carboxylic acids is 1. The van der Waals surface area contributed by atoms with Crippen LogP contribution in [0.2, 0.25) is 10.0 Å². The quantitative estimate of drug-likeness (QED) is 0.375.